The molecule has 124 valence electrons. The Kier molecular flexibility index (Phi) is 5.71. The van der Waals surface area contributed by atoms with Crippen LogP contribution in [0.3, 0.4) is 0 Å². The highest BCUT2D eigenvalue weighted by atomic mass is 79.9. The molecule has 8 heteroatoms. The van der Waals surface area contributed by atoms with Crippen LogP contribution in [0.5, 0.6) is 0 Å². The predicted molar refractivity (Wildman–Crippen MR) is 99.3 cm³/mol. The van der Waals surface area contributed by atoms with Gasteiger partial charge < -0.3 is 5.32 Å². The number of hydrogen-bond donors (Lipinski definition) is 1. The number of carbonyl (C=O) groups is 1. The molecule has 0 atom stereocenters. The Morgan fingerprint density at radius 3 is 2.26 bits per heavy atom. The summed E-state index contributed by atoms with van der Waals surface area (Å²) in [5.74, 6) is -0.523. The average Bonchev–Trinajstić information content (AvgIpc) is 2.90. The Balaban J connectivity index is 2.18. The van der Waals surface area contributed by atoms with Crippen LogP contribution in [0.1, 0.15) is 18.7 Å². The molecule has 1 amide bonds. The molecule has 2 aromatic rings. The second kappa shape index (κ2) is 7.04. The number of benzene rings is 1. The van der Waals surface area contributed by atoms with Gasteiger partial charge in [-0.1, -0.05) is 15.9 Å². The van der Waals surface area contributed by atoms with Gasteiger partial charge in [0.25, 0.3) is 0 Å². The number of carbonyl (C=O) groups excluding carboxylic acids is 1. The smallest absolute Gasteiger partial charge is 0.241 e. The van der Waals surface area contributed by atoms with Crippen LogP contribution in [0, 0.1) is 0 Å². The third-order valence-corrected chi connectivity index (χ3v) is 7.97. The van der Waals surface area contributed by atoms with Crippen LogP contribution in [0.25, 0.3) is 0 Å². The van der Waals surface area contributed by atoms with Gasteiger partial charge >= 0.3 is 0 Å². The molecule has 23 heavy (non-hydrogen) atoms. The SMILES string of the molecule is CC(C)(C(=O)NCc1ccc(Br)s1)S(=O)(=O)c1ccc(Br)cc1. The van der Waals surface area contributed by atoms with Gasteiger partial charge in [0.1, 0.15) is 4.75 Å². The molecule has 0 unspecified atom stereocenters. The summed E-state index contributed by atoms with van der Waals surface area (Å²) in [6.45, 7) is 3.14. The Morgan fingerprint density at radius 1 is 1.13 bits per heavy atom. The molecule has 0 aliphatic rings. The number of amides is 1. The maximum Gasteiger partial charge on any atom is 0.241 e. The molecule has 1 heterocycles. The number of rotatable bonds is 5. The third kappa shape index (κ3) is 4.04. The van der Waals surface area contributed by atoms with Crippen molar-refractivity contribution in [3.8, 4) is 0 Å². The first-order valence-electron chi connectivity index (χ1n) is 6.67. The van der Waals surface area contributed by atoms with E-state index in [2.05, 4.69) is 37.2 Å². The van der Waals surface area contributed by atoms with Crippen molar-refractivity contribution in [1.82, 2.24) is 5.32 Å². The van der Waals surface area contributed by atoms with E-state index in [0.29, 0.717) is 6.54 Å². The highest BCUT2D eigenvalue weighted by Crippen LogP contribution is 2.27. The topological polar surface area (TPSA) is 63.2 Å². The van der Waals surface area contributed by atoms with Crippen LogP contribution in [0.2, 0.25) is 0 Å². The van der Waals surface area contributed by atoms with Crippen LogP contribution in [0.15, 0.2) is 49.6 Å². The van der Waals surface area contributed by atoms with E-state index in [9.17, 15) is 13.2 Å². The van der Waals surface area contributed by atoms with Gasteiger partial charge in [-0.3, -0.25) is 4.79 Å². The van der Waals surface area contributed by atoms with Crippen molar-refractivity contribution in [3.05, 3.63) is 49.5 Å². The Morgan fingerprint density at radius 2 is 1.74 bits per heavy atom. The van der Waals surface area contributed by atoms with Crippen molar-refractivity contribution >= 4 is 58.9 Å². The zero-order valence-electron chi connectivity index (χ0n) is 12.5. The predicted octanol–water partition coefficient (Wildman–Crippen LogP) is 4.14. The second-order valence-corrected chi connectivity index (χ2v) is 11.3. The van der Waals surface area contributed by atoms with Crippen molar-refractivity contribution < 1.29 is 13.2 Å². The maximum absolute atomic E-state index is 12.7. The van der Waals surface area contributed by atoms with Gasteiger partial charge in [0.2, 0.25) is 5.91 Å². The molecule has 4 nitrogen and oxygen atoms in total. The minimum atomic E-state index is -3.79. The van der Waals surface area contributed by atoms with Crippen molar-refractivity contribution in [2.75, 3.05) is 0 Å². The van der Waals surface area contributed by atoms with Crippen LogP contribution in [0.4, 0.5) is 0 Å². The minimum Gasteiger partial charge on any atom is -0.350 e. The number of hydrogen-bond acceptors (Lipinski definition) is 4. The van der Waals surface area contributed by atoms with E-state index in [1.807, 2.05) is 12.1 Å². The summed E-state index contributed by atoms with van der Waals surface area (Å²) in [6.07, 6.45) is 0. The summed E-state index contributed by atoms with van der Waals surface area (Å²) >= 11 is 8.11. The first-order chi connectivity index (χ1) is 10.6. The lowest BCUT2D eigenvalue weighted by Crippen LogP contribution is -2.47. The molecule has 0 saturated carbocycles. The van der Waals surface area contributed by atoms with E-state index in [4.69, 9.17) is 0 Å². The summed E-state index contributed by atoms with van der Waals surface area (Å²) < 4.78 is 25.7. The minimum absolute atomic E-state index is 0.125. The van der Waals surface area contributed by atoms with E-state index in [1.165, 1.54) is 37.3 Å². The summed E-state index contributed by atoms with van der Waals surface area (Å²) in [4.78, 5) is 13.5. The zero-order chi connectivity index (χ0) is 17.3. The first kappa shape index (κ1) is 18.6. The number of nitrogens with one attached hydrogen (secondary N) is 1. The molecular weight excluding hydrogens is 466 g/mol. The molecule has 0 saturated heterocycles. The molecule has 0 aliphatic carbocycles. The van der Waals surface area contributed by atoms with Gasteiger partial charge in [-0.05, 0) is 66.2 Å². The fraction of sp³-hybridized carbons (Fsp3) is 0.267. The van der Waals surface area contributed by atoms with E-state index in [0.717, 1.165) is 13.1 Å². The third-order valence-electron chi connectivity index (χ3n) is 3.39. The molecule has 0 bridgehead atoms. The lowest BCUT2D eigenvalue weighted by atomic mass is 10.2. The molecule has 1 aromatic carbocycles. The molecule has 0 fully saturated rings. The van der Waals surface area contributed by atoms with Crippen molar-refractivity contribution in [2.45, 2.75) is 30.0 Å². The van der Waals surface area contributed by atoms with Crippen LogP contribution in [-0.4, -0.2) is 19.1 Å². The molecule has 0 spiro atoms. The lowest BCUT2D eigenvalue weighted by Gasteiger charge is -2.23. The van der Waals surface area contributed by atoms with Gasteiger partial charge in [0.05, 0.1) is 15.2 Å². The van der Waals surface area contributed by atoms with Gasteiger partial charge in [0, 0.05) is 9.35 Å². The summed E-state index contributed by atoms with van der Waals surface area (Å²) in [7, 11) is -3.79. The van der Waals surface area contributed by atoms with Crippen LogP contribution in [-0.2, 0) is 21.2 Å². The molecule has 0 radical (unpaired) electrons. The standard InChI is InChI=1S/C15H15Br2NO3S2/c1-15(2,14(19)18-9-11-5-8-13(17)22-11)23(20,21)12-6-3-10(16)4-7-12/h3-8H,9H2,1-2H3,(H,18,19). The Hall–Kier alpha value is -0.700. The van der Waals surface area contributed by atoms with Crippen molar-refractivity contribution in [1.29, 1.82) is 0 Å². The molecule has 0 aliphatic heterocycles. The first-order valence-corrected chi connectivity index (χ1v) is 10.6. The zero-order valence-corrected chi connectivity index (χ0v) is 17.3. The van der Waals surface area contributed by atoms with Gasteiger partial charge in [-0.15, -0.1) is 11.3 Å². The van der Waals surface area contributed by atoms with Gasteiger partial charge in [0.15, 0.2) is 9.84 Å². The van der Waals surface area contributed by atoms with Crippen molar-refractivity contribution in [3.63, 3.8) is 0 Å². The molecule has 2 rings (SSSR count). The summed E-state index contributed by atoms with van der Waals surface area (Å²) in [5.41, 5.74) is 0. The second-order valence-electron chi connectivity index (χ2n) is 5.36. The summed E-state index contributed by atoms with van der Waals surface area (Å²) in [5, 5.41) is 2.70. The molecule has 1 N–H and O–H groups in total. The average molecular weight is 481 g/mol. The maximum atomic E-state index is 12.7. The lowest BCUT2D eigenvalue weighted by molar-refractivity contribution is -0.123. The quantitative estimate of drug-likeness (QED) is 0.699. The fourth-order valence-corrected chi connectivity index (χ4v) is 4.94. The molecular formula is C15H15Br2NO3S2. The van der Waals surface area contributed by atoms with Gasteiger partial charge in [-0.25, -0.2) is 8.42 Å². The Labute approximate surface area is 156 Å². The monoisotopic (exact) mass is 479 g/mol. The fourth-order valence-electron chi connectivity index (χ4n) is 1.86. The highest BCUT2D eigenvalue weighted by Gasteiger charge is 2.42. The normalized spacial score (nSPS) is 12.2. The number of halogens is 2. The van der Waals surface area contributed by atoms with Crippen LogP contribution < -0.4 is 5.32 Å². The number of sulfone groups is 1. The van der Waals surface area contributed by atoms with E-state index < -0.39 is 20.5 Å². The van der Waals surface area contributed by atoms with Crippen molar-refractivity contribution in [2.24, 2.45) is 0 Å². The number of thiophene rings is 1. The molecule has 1 aromatic heterocycles. The Bertz CT molecular complexity index is 812. The van der Waals surface area contributed by atoms with E-state index >= 15 is 0 Å². The summed E-state index contributed by atoms with van der Waals surface area (Å²) in [6, 6.07) is 10.0. The van der Waals surface area contributed by atoms with E-state index in [1.54, 1.807) is 12.1 Å². The largest absolute Gasteiger partial charge is 0.350 e. The highest BCUT2D eigenvalue weighted by molar-refractivity contribution is 9.11. The van der Waals surface area contributed by atoms with E-state index in [-0.39, 0.29) is 4.90 Å². The van der Waals surface area contributed by atoms with Crippen LogP contribution >= 0.6 is 43.2 Å². The van der Waals surface area contributed by atoms with Gasteiger partial charge in [-0.2, -0.15) is 0 Å².